The molecule has 1 aliphatic heterocycles. The van der Waals surface area contributed by atoms with Crippen LogP contribution in [0.4, 0.5) is 5.69 Å². The molecule has 172 valence electrons. The molecule has 0 unspecified atom stereocenters. The smallest absolute Gasteiger partial charge is 0.320 e. The molecule has 0 saturated carbocycles. The van der Waals surface area contributed by atoms with E-state index in [0.717, 1.165) is 16.4 Å². The van der Waals surface area contributed by atoms with E-state index in [2.05, 4.69) is 0 Å². The van der Waals surface area contributed by atoms with Crippen LogP contribution in [0.2, 0.25) is 0 Å². The van der Waals surface area contributed by atoms with E-state index in [0.29, 0.717) is 0 Å². The largest absolute Gasteiger partial charge is 0.495 e. The lowest BCUT2D eigenvalue weighted by atomic mass is 10.1. The van der Waals surface area contributed by atoms with Crippen LogP contribution in [0, 0.1) is 10.1 Å². The molecule has 1 atom stereocenters. The zero-order valence-corrected chi connectivity index (χ0v) is 17.8. The van der Waals surface area contributed by atoms with Gasteiger partial charge in [-0.15, -0.1) is 0 Å². The molecule has 3 N–H and O–H groups in total. The third-order valence-electron chi connectivity index (χ3n) is 4.86. The van der Waals surface area contributed by atoms with E-state index in [4.69, 9.17) is 20.3 Å². The molecule has 1 saturated heterocycles. The number of benzene rings is 1. The lowest BCUT2D eigenvalue weighted by Gasteiger charge is -2.34. The van der Waals surface area contributed by atoms with E-state index in [-0.39, 0.29) is 61.3 Å². The first-order valence-electron chi connectivity index (χ1n) is 9.19. The second-order valence-electron chi connectivity index (χ2n) is 6.70. The van der Waals surface area contributed by atoms with Crippen LogP contribution in [0.3, 0.4) is 0 Å². The number of hydrogen-bond acceptors (Lipinski definition) is 9. The number of nitrogens with zero attached hydrogens (tertiary/aromatic N) is 3. The Labute approximate surface area is 178 Å². The number of nitro groups is 1. The van der Waals surface area contributed by atoms with Crippen LogP contribution >= 0.6 is 0 Å². The Hall–Kier alpha value is -2.97. The van der Waals surface area contributed by atoms with Gasteiger partial charge in [-0.25, -0.2) is 8.42 Å². The topological polar surface area (TPSA) is 183 Å². The zero-order chi connectivity index (χ0) is 23.3. The summed E-state index contributed by atoms with van der Waals surface area (Å²) in [7, 11) is -1.71. The van der Waals surface area contributed by atoms with Crippen molar-refractivity contribution in [3.8, 4) is 11.5 Å². The van der Waals surface area contributed by atoms with E-state index in [1.807, 2.05) is 0 Å². The Morgan fingerprint density at radius 3 is 2.26 bits per heavy atom. The minimum absolute atomic E-state index is 0.0284. The summed E-state index contributed by atoms with van der Waals surface area (Å²) in [6.45, 7) is 0.0892. The highest BCUT2D eigenvalue weighted by Crippen LogP contribution is 2.38. The van der Waals surface area contributed by atoms with Gasteiger partial charge < -0.3 is 25.2 Å². The molecule has 0 bridgehead atoms. The standard InChI is InChI=1S/C17H24N4O9S/c1-29-13-10-14(30-2)15(9-12(13)21(25)26)31(27,28)20-7-5-19(6-8-20)16(22)4-3-11(18)17(23)24/h9-11H,3-8,18H2,1-2H3,(H,23,24)/t11-/m0/s1. The number of carbonyl (C=O) groups is 2. The fraction of sp³-hybridized carbons (Fsp3) is 0.529. The van der Waals surface area contributed by atoms with Crippen LogP contribution in [0.15, 0.2) is 17.0 Å². The predicted molar refractivity (Wildman–Crippen MR) is 106 cm³/mol. The summed E-state index contributed by atoms with van der Waals surface area (Å²) in [6, 6.07) is 0.873. The molecule has 0 aromatic heterocycles. The number of sulfonamides is 1. The predicted octanol–water partition coefficient (Wildman–Crippen LogP) is -0.363. The van der Waals surface area contributed by atoms with Crippen molar-refractivity contribution >= 4 is 27.6 Å². The number of amides is 1. The van der Waals surface area contributed by atoms with E-state index >= 15 is 0 Å². The van der Waals surface area contributed by atoms with Gasteiger partial charge in [0.15, 0.2) is 0 Å². The second-order valence-corrected chi connectivity index (χ2v) is 8.61. The average Bonchev–Trinajstić information content (AvgIpc) is 2.75. The van der Waals surface area contributed by atoms with E-state index in [9.17, 15) is 28.1 Å². The number of methoxy groups -OCH3 is 2. The number of hydrogen-bond donors (Lipinski definition) is 2. The van der Waals surface area contributed by atoms with Crippen molar-refractivity contribution in [2.45, 2.75) is 23.8 Å². The van der Waals surface area contributed by atoms with Gasteiger partial charge in [-0.05, 0) is 6.42 Å². The molecule has 0 aliphatic carbocycles. The molecule has 14 heteroatoms. The monoisotopic (exact) mass is 460 g/mol. The fourth-order valence-electron chi connectivity index (χ4n) is 3.08. The van der Waals surface area contributed by atoms with Crippen molar-refractivity contribution in [2.24, 2.45) is 5.73 Å². The van der Waals surface area contributed by atoms with Gasteiger partial charge in [-0.3, -0.25) is 19.7 Å². The van der Waals surface area contributed by atoms with Gasteiger partial charge in [0.2, 0.25) is 21.7 Å². The first-order valence-corrected chi connectivity index (χ1v) is 10.6. The second kappa shape index (κ2) is 9.89. The molecule has 1 amide bonds. The third-order valence-corrected chi connectivity index (χ3v) is 6.78. The molecule has 0 spiro atoms. The van der Waals surface area contributed by atoms with Gasteiger partial charge >= 0.3 is 11.7 Å². The maximum absolute atomic E-state index is 13.1. The van der Waals surface area contributed by atoms with Crippen molar-refractivity contribution < 1.29 is 37.5 Å². The minimum atomic E-state index is -4.16. The average molecular weight is 460 g/mol. The number of carbonyl (C=O) groups excluding carboxylic acids is 1. The molecular formula is C17H24N4O9S. The van der Waals surface area contributed by atoms with E-state index < -0.39 is 32.6 Å². The Kier molecular flexibility index (Phi) is 7.75. The molecule has 1 aromatic carbocycles. The molecule has 1 heterocycles. The summed E-state index contributed by atoms with van der Waals surface area (Å²) >= 11 is 0. The zero-order valence-electron chi connectivity index (χ0n) is 17.0. The van der Waals surface area contributed by atoms with Crippen LogP contribution in [0.1, 0.15) is 12.8 Å². The quantitative estimate of drug-likeness (QED) is 0.364. The molecule has 13 nitrogen and oxygen atoms in total. The molecule has 31 heavy (non-hydrogen) atoms. The Morgan fingerprint density at radius 2 is 1.77 bits per heavy atom. The summed E-state index contributed by atoms with van der Waals surface area (Å²) in [6.07, 6.45) is -0.0991. The van der Waals surface area contributed by atoms with Gasteiger partial charge in [0.1, 0.15) is 16.7 Å². The van der Waals surface area contributed by atoms with Crippen LogP contribution in [0.25, 0.3) is 0 Å². The summed E-state index contributed by atoms with van der Waals surface area (Å²) in [5, 5.41) is 20.1. The van der Waals surface area contributed by atoms with Gasteiger partial charge in [0, 0.05) is 44.7 Å². The number of piperazine rings is 1. The SMILES string of the molecule is COc1cc(OC)c(S(=O)(=O)N2CCN(C(=O)CC[C@H](N)C(=O)O)CC2)cc1[N+](=O)[O-]. The summed E-state index contributed by atoms with van der Waals surface area (Å²) in [5.41, 5.74) is 4.87. The summed E-state index contributed by atoms with van der Waals surface area (Å²) in [4.78, 5) is 34.6. The Bertz CT molecular complexity index is 959. The fourth-order valence-corrected chi connectivity index (χ4v) is 4.65. The minimum Gasteiger partial charge on any atom is -0.495 e. The lowest BCUT2D eigenvalue weighted by Crippen LogP contribution is -2.50. The van der Waals surface area contributed by atoms with Gasteiger partial charge in [0.05, 0.1) is 19.1 Å². The van der Waals surface area contributed by atoms with Gasteiger partial charge in [0.25, 0.3) is 0 Å². The van der Waals surface area contributed by atoms with Crippen molar-refractivity contribution in [1.29, 1.82) is 0 Å². The highest BCUT2D eigenvalue weighted by molar-refractivity contribution is 7.89. The van der Waals surface area contributed by atoms with Crippen molar-refractivity contribution in [2.75, 3.05) is 40.4 Å². The van der Waals surface area contributed by atoms with Crippen LogP contribution < -0.4 is 15.2 Å². The maximum atomic E-state index is 13.1. The molecule has 0 radical (unpaired) electrons. The van der Waals surface area contributed by atoms with Crippen molar-refractivity contribution in [3.63, 3.8) is 0 Å². The first-order chi connectivity index (χ1) is 14.5. The molecule has 2 rings (SSSR count). The number of nitrogens with two attached hydrogens (primary N) is 1. The van der Waals surface area contributed by atoms with Crippen molar-refractivity contribution in [1.82, 2.24) is 9.21 Å². The Morgan fingerprint density at radius 1 is 1.19 bits per heavy atom. The number of carboxylic acid groups (broad SMARTS) is 1. The number of ether oxygens (including phenoxy) is 2. The van der Waals surface area contributed by atoms with Crippen molar-refractivity contribution in [3.05, 3.63) is 22.2 Å². The number of carboxylic acids is 1. The third kappa shape index (κ3) is 5.39. The summed E-state index contributed by atoms with van der Waals surface area (Å²) < 4.78 is 37.4. The van der Waals surface area contributed by atoms with Crippen LogP contribution in [-0.2, 0) is 19.6 Å². The van der Waals surface area contributed by atoms with E-state index in [1.54, 1.807) is 0 Å². The molecule has 1 fully saturated rings. The normalized spacial score (nSPS) is 15.9. The van der Waals surface area contributed by atoms with Crippen LogP contribution in [-0.4, -0.2) is 86.0 Å². The maximum Gasteiger partial charge on any atom is 0.320 e. The molecular weight excluding hydrogens is 436 g/mol. The molecule has 1 aromatic rings. The molecule has 1 aliphatic rings. The van der Waals surface area contributed by atoms with Crippen LogP contribution in [0.5, 0.6) is 11.5 Å². The number of aliphatic carboxylic acids is 1. The highest BCUT2D eigenvalue weighted by atomic mass is 32.2. The number of rotatable bonds is 9. The summed E-state index contributed by atoms with van der Waals surface area (Å²) in [5.74, 6) is -1.78. The van der Waals surface area contributed by atoms with Gasteiger partial charge in [-0.1, -0.05) is 0 Å². The Balaban J connectivity index is 2.16. The van der Waals surface area contributed by atoms with E-state index in [1.165, 1.54) is 19.1 Å². The lowest BCUT2D eigenvalue weighted by molar-refractivity contribution is -0.386. The number of nitro benzene ring substituents is 1. The highest BCUT2D eigenvalue weighted by Gasteiger charge is 2.34. The first kappa shape index (κ1) is 24.3. The van der Waals surface area contributed by atoms with Gasteiger partial charge in [-0.2, -0.15) is 4.31 Å².